The van der Waals surface area contributed by atoms with Crippen LogP contribution in [0.15, 0.2) is 12.1 Å². The third kappa shape index (κ3) is 3.29. The molecule has 0 saturated carbocycles. The summed E-state index contributed by atoms with van der Waals surface area (Å²) in [6.45, 7) is 9.97. The molecule has 1 rings (SSSR count). The molecule has 0 bridgehead atoms. The molecule has 0 aliphatic heterocycles. The van der Waals surface area contributed by atoms with E-state index in [0.717, 1.165) is 6.54 Å². The molecule has 0 saturated heterocycles. The van der Waals surface area contributed by atoms with Gasteiger partial charge in [0.1, 0.15) is 0 Å². The van der Waals surface area contributed by atoms with E-state index in [1.165, 1.54) is 6.07 Å². The molecule has 18 heavy (non-hydrogen) atoms. The fraction of sp³-hybridized carbons (Fsp3) is 0.571. The Morgan fingerprint density at radius 1 is 1.11 bits per heavy atom. The van der Waals surface area contributed by atoms with Crippen LogP contribution in [0.4, 0.5) is 0 Å². The van der Waals surface area contributed by atoms with Crippen molar-refractivity contribution in [3.63, 3.8) is 0 Å². The first-order valence-electron chi connectivity index (χ1n) is 6.19. The van der Waals surface area contributed by atoms with Gasteiger partial charge in [0.25, 0.3) is 0 Å². The predicted molar refractivity (Wildman–Crippen MR) is 71.8 cm³/mol. The van der Waals surface area contributed by atoms with E-state index in [9.17, 15) is 15.3 Å². The lowest BCUT2D eigenvalue weighted by Gasteiger charge is -2.29. The summed E-state index contributed by atoms with van der Waals surface area (Å²) >= 11 is 0. The summed E-state index contributed by atoms with van der Waals surface area (Å²) in [4.78, 5) is 0. The minimum absolute atomic E-state index is 0.161. The van der Waals surface area contributed by atoms with E-state index in [2.05, 4.69) is 33.0 Å². The van der Waals surface area contributed by atoms with Gasteiger partial charge in [0, 0.05) is 18.7 Å². The van der Waals surface area contributed by atoms with Crippen LogP contribution < -0.4 is 5.32 Å². The Morgan fingerprint density at radius 3 is 2.28 bits per heavy atom. The Morgan fingerprint density at radius 2 is 1.72 bits per heavy atom. The summed E-state index contributed by atoms with van der Waals surface area (Å²) in [6.07, 6.45) is 0. The molecule has 1 aromatic carbocycles. The topological polar surface area (TPSA) is 72.7 Å². The van der Waals surface area contributed by atoms with Crippen molar-refractivity contribution in [2.24, 2.45) is 11.3 Å². The third-order valence-corrected chi connectivity index (χ3v) is 3.67. The number of benzene rings is 1. The van der Waals surface area contributed by atoms with E-state index in [-0.39, 0.29) is 16.9 Å². The molecule has 0 heterocycles. The first kappa shape index (κ1) is 14.6. The summed E-state index contributed by atoms with van der Waals surface area (Å²) in [6, 6.07) is 2.97. The molecule has 4 heteroatoms. The molecule has 0 radical (unpaired) electrons. The summed E-state index contributed by atoms with van der Waals surface area (Å²) in [5.74, 6) is -0.479. The zero-order valence-electron chi connectivity index (χ0n) is 11.5. The Balaban J connectivity index is 2.63. The summed E-state index contributed by atoms with van der Waals surface area (Å²) in [5.41, 5.74) is 0.735. The molecule has 0 amide bonds. The SMILES string of the molecule is CC(C)C(C)(C)CNCc1ccc(O)c(O)c1O. The van der Waals surface area contributed by atoms with Gasteiger partial charge in [-0.15, -0.1) is 0 Å². The van der Waals surface area contributed by atoms with Gasteiger partial charge in [-0.25, -0.2) is 0 Å². The lowest BCUT2D eigenvalue weighted by atomic mass is 9.81. The average Bonchev–Trinajstić information content (AvgIpc) is 2.29. The van der Waals surface area contributed by atoms with E-state index in [4.69, 9.17) is 0 Å². The summed E-state index contributed by atoms with van der Waals surface area (Å²) < 4.78 is 0. The number of hydrogen-bond donors (Lipinski definition) is 4. The van der Waals surface area contributed by atoms with Gasteiger partial charge in [0.2, 0.25) is 5.75 Å². The standard InChI is InChI=1S/C14H23NO3/c1-9(2)14(3,4)8-15-7-10-5-6-11(16)13(18)12(10)17/h5-6,9,15-18H,7-8H2,1-4H3. The molecule has 102 valence electrons. The minimum atomic E-state index is -0.461. The molecule has 0 aromatic heterocycles. The van der Waals surface area contributed by atoms with Crippen molar-refractivity contribution in [1.82, 2.24) is 5.32 Å². The lowest BCUT2D eigenvalue weighted by Crippen LogP contribution is -2.33. The van der Waals surface area contributed by atoms with Gasteiger partial charge >= 0.3 is 0 Å². The van der Waals surface area contributed by atoms with Gasteiger partial charge < -0.3 is 20.6 Å². The number of rotatable bonds is 5. The van der Waals surface area contributed by atoms with Crippen molar-refractivity contribution in [1.29, 1.82) is 0 Å². The highest BCUT2D eigenvalue weighted by Gasteiger charge is 2.21. The van der Waals surface area contributed by atoms with Crippen LogP contribution in [0.2, 0.25) is 0 Å². The molecule has 0 aliphatic rings. The van der Waals surface area contributed by atoms with Crippen molar-refractivity contribution in [2.45, 2.75) is 34.2 Å². The van der Waals surface area contributed by atoms with E-state index in [0.29, 0.717) is 18.0 Å². The second-order valence-corrected chi connectivity index (χ2v) is 5.69. The number of aromatic hydroxyl groups is 3. The highest BCUT2D eigenvalue weighted by molar-refractivity contribution is 5.52. The maximum Gasteiger partial charge on any atom is 0.200 e. The van der Waals surface area contributed by atoms with Crippen molar-refractivity contribution in [3.8, 4) is 17.2 Å². The number of nitrogens with one attached hydrogen (secondary N) is 1. The van der Waals surface area contributed by atoms with Crippen LogP contribution in [0.5, 0.6) is 17.2 Å². The monoisotopic (exact) mass is 253 g/mol. The molecular formula is C14H23NO3. The first-order chi connectivity index (χ1) is 8.25. The van der Waals surface area contributed by atoms with Crippen LogP contribution in [0.1, 0.15) is 33.3 Å². The van der Waals surface area contributed by atoms with Gasteiger partial charge in [-0.05, 0) is 17.4 Å². The van der Waals surface area contributed by atoms with Crippen molar-refractivity contribution in [2.75, 3.05) is 6.54 Å². The van der Waals surface area contributed by atoms with Crippen molar-refractivity contribution < 1.29 is 15.3 Å². The van der Waals surface area contributed by atoms with Gasteiger partial charge in [0.15, 0.2) is 11.5 Å². The molecular weight excluding hydrogens is 230 g/mol. The predicted octanol–water partition coefficient (Wildman–Crippen LogP) is 2.58. The van der Waals surface area contributed by atoms with E-state index >= 15 is 0 Å². The van der Waals surface area contributed by atoms with Gasteiger partial charge in [0.05, 0.1) is 0 Å². The quantitative estimate of drug-likeness (QED) is 0.609. The smallest absolute Gasteiger partial charge is 0.200 e. The number of phenolic OH excluding ortho intramolecular Hbond substituents is 3. The molecule has 1 aromatic rings. The molecule has 0 fully saturated rings. The summed E-state index contributed by atoms with van der Waals surface area (Å²) in [5, 5.41) is 31.6. The Kier molecular flexibility index (Phi) is 4.46. The Labute approximate surface area is 108 Å². The lowest BCUT2D eigenvalue weighted by molar-refractivity contribution is 0.237. The van der Waals surface area contributed by atoms with Crippen LogP contribution in [-0.4, -0.2) is 21.9 Å². The molecule has 4 N–H and O–H groups in total. The fourth-order valence-corrected chi connectivity index (χ4v) is 1.48. The Hall–Kier alpha value is -1.42. The molecule has 0 spiro atoms. The van der Waals surface area contributed by atoms with Crippen LogP contribution in [0.3, 0.4) is 0 Å². The molecule has 0 unspecified atom stereocenters. The molecule has 0 aliphatic carbocycles. The second kappa shape index (κ2) is 5.48. The molecule has 4 nitrogen and oxygen atoms in total. The summed E-state index contributed by atoms with van der Waals surface area (Å²) in [7, 11) is 0. The first-order valence-corrected chi connectivity index (χ1v) is 6.19. The van der Waals surface area contributed by atoms with Crippen LogP contribution in [0, 0.1) is 11.3 Å². The van der Waals surface area contributed by atoms with Crippen molar-refractivity contribution in [3.05, 3.63) is 17.7 Å². The van der Waals surface area contributed by atoms with Crippen LogP contribution in [-0.2, 0) is 6.54 Å². The zero-order valence-corrected chi connectivity index (χ0v) is 11.5. The Bertz CT molecular complexity index is 414. The van der Waals surface area contributed by atoms with E-state index < -0.39 is 5.75 Å². The fourth-order valence-electron chi connectivity index (χ4n) is 1.48. The molecule has 0 atom stereocenters. The van der Waals surface area contributed by atoms with E-state index in [1.54, 1.807) is 6.07 Å². The largest absolute Gasteiger partial charge is 0.504 e. The highest BCUT2D eigenvalue weighted by Crippen LogP contribution is 2.37. The maximum absolute atomic E-state index is 9.67. The van der Waals surface area contributed by atoms with Gasteiger partial charge in [-0.1, -0.05) is 33.8 Å². The highest BCUT2D eigenvalue weighted by atomic mass is 16.3. The van der Waals surface area contributed by atoms with Gasteiger partial charge in [-0.2, -0.15) is 0 Å². The zero-order chi connectivity index (χ0) is 13.9. The van der Waals surface area contributed by atoms with Gasteiger partial charge in [-0.3, -0.25) is 0 Å². The maximum atomic E-state index is 9.67. The van der Waals surface area contributed by atoms with E-state index in [1.807, 2.05) is 0 Å². The van der Waals surface area contributed by atoms with Crippen molar-refractivity contribution >= 4 is 0 Å². The minimum Gasteiger partial charge on any atom is -0.504 e. The average molecular weight is 253 g/mol. The normalized spacial score (nSPS) is 12.1. The number of phenols is 3. The third-order valence-electron chi connectivity index (χ3n) is 3.67. The van der Waals surface area contributed by atoms with Crippen LogP contribution in [0.25, 0.3) is 0 Å². The van der Waals surface area contributed by atoms with Crippen LogP contribution >= 0.6 is 0 Å². The second-order valence-electron chi connectivity index (χ2n) is 5.69. The number of hydrogen-bond acceptors (Lipinski definition) is 4.